The lowest BCUT2D eigenvalue weighted by atomic mass is 9.99. The highest BCUT2D eigenvalue weighted by Crippen LogP contribution is 2.40. The molecule has 0 spiro atoms. The van der Waals surface area contributed by atoms with Crippen molar-refractivity contribution in [2.45, 2.75) is 12.8 Å². The number of ether oxygens (including phenoxy) is 3. The van der Waals surface area contributed by atoms with Crippen molar-refractivity contribution in [1.29, 1.82) is 0 Å². The van der Waals surface area contributed by atoms with Gasteiger partial charge < -0.3 is 19.5 Å². The molecular weight excluding hydrogens is 488 g/mol. The van der Waals surface area contributed by atoms with Gasteiger partial charge >= 0.3 is 0 Å². The Morgan fingerprint density at radius 2 is 1.54 bits per heavy atom. The number of rotatable bonds is 7. The van der Waals surface area contributed by atoms with Crippen molar-refractivity contribution in [2.75, 3.05) is 24.4 Å². The van der Waals surface area contributed by atoms with Gasteiger partial charge in [0.05, 0.1) is 25.5 Å². The topological polar surface area (TPSA) is 60.0 Å². The van der Waals surface area contributed by atoms with Crippen LogP contribution in [0.4, 0.5) is 11.4 Å². The van der Waals surface area contributed by atoms with E-state index in [0.717, 1.165) is 39.0 Å². The quantitative estimate of drug-likeness (QED) is 0.248. The van der Waals surface area contributed by atoms with E-state index >= 15 is 0 Å². The lowest BCUT2D eigenvalue weighted by Crippen LogP contribution is -2.43. The molecule has 1 heterocycles. The Bertz CT molecular complexity index is 1660. The number of carbonyl (C=O) groups excluding carboxylic acids is 1. The zero-order chi connectivity index (χ0) is 26.8. The van der Waals surface area contributed by atoms with Crippen LogP contribution in [0.2, 0.25) is 0 Å². The SMILES string of the molecule is COc1cccc(OCc2cc([C@H]3Nc4ccccc4C(=O)N3c3cccc4ccccc34)ccc2OC)c1. The second-order valence-corrected chi connectivity index (χ2v) is 9.30. The number of carbonyl (C=O) groups is 1. The molecular formula is C33H28N2O4. The van der Waals surface area contributed by atoms with E-state index < -0.39 is 6.17 Å². The van der Waals surface area contributed by atoms with Crippen molar-refractivity contribution >= 4 is 28.1 Å². The lowest BCUT2D eigenvalue weighted by molar-refractivity contribution is 0.0975. The van der Waals surface area contributed by atoms with Gasteiger partial charge in [-0.05, 0) is 53.4 Å². The predicted octanol–water partition coefficient (Wildman–Crippen LogP) is 7.21. The monoisotopic (exact) mass is 516 g/mol. The Hall–Kier alpha value is -4.97. The predicted molar refractivity (Wildman–Crippen MR) is 154 cm³/mol. The highest BCUT2D eigenvalue weighted by molar-refractivity contribution is 6.15. The van der Waals surface area contributed by atoms with Crippen molar-refractivity contribution < 1.29 is 19.0 Å². The minimum atomic E-state index is -0.445. The maximum atomic E-state index is 14.0. The summed E-state index contributed by atoms with van der Waals surface area (Å²) >= 11 is 0. The highest BCUT2D eigenvalue weighted by atomic mass is 16.5. The Kier molecular flexibility index (Phi) is 6.51. The van der Waals surface area contributed by atoms with E-state index in [9.17, 15) is 4.79 Å². The van der Waals surface area contributed by atoms with Gasteiger partial charge in [-0.1, -0.05) is 60.7 Å². The molecule has 0 aromatic heterocycles. The normalized spacial score (nSPS) is 14.5. The van der Waals surface area contributed by atoms with Crippen LogP contribution in [0.15, 0.2) is 109 Å². The number of methoxy groups -OCH3 is 2. The van der Waals surface area contributed by atoms with E-state index in [0.29, 0.717) is 17.1 Å². The summed E-state index contributed by atoms with van der Waals surface area (Å²) in [4.78, 5) is 15.9. The summed E-state index contributed by atoms with van der Waals surface area (Å²) in [5.74, 6) is 2.07. The fraction of sp³-hybridized carbons (Fsp3) is 0.121. The molecule has 0 radical (unpaired) electrons. The van der Waals surface area contributed by atoms with Crippen molar-refractivity contribution in [3.05, 3.63) is 126 Å². The van der Waals surface area contributed by atoms with E-state index in [4.69, 9.17) is 14.2 Å². The van der Waals surface area contributed by atoms with Crippen LogP contribution in [0.25, 0.3) is 10.8 Å². The van der Waals surface area contributed by atoms with Gasteiger partial charge in [0.15, 0.2) is 0 Å². The number of hydrogen-bond acceptors (Lipinski definition) is 5. The third-order valence-corrected chi connectivity index (χ3v) is 7.01. The van der Waals surface area contributed by atoms with Crippen molar-refractivity contribution in [3.8, 4) is 17.2 Å². The molecule has 0 aliphatic carbocycles. The summed E-state index contributed by atoms with van der Waals surface area (Å²) in [5, 5.41) is 5.70. The van der Waals surface area contributed by atoms with Crippen molar-refractivity contribution in [1.82, 2.24) is 0 Å². The average Bonchev–Trinajstić information content (AvgIpc) is 3.00. The number of para-hydroxylation sites is 1. The molecule has 5 aromatic rings. The number of fused-ring (bicyclic) bond motifs is 2. The number of hydrogen-bond donors (Lipinski definition) is 1. The van der Waals surface area contributed by atoms with Crippen LogP contribution in [0.1, 0.15) is 27.7 Å². The maximum absolute atomic E-state index is 14.0. The molecule has 39 heavy (non-hydrogen) atoms. The van der Waals surface area contributed by atoms with Gasteiger partial charge in [0, 0.05) is 22.7 Å². The summed E-state index contributed by atoms with van der Waals surface area (Å²) in [6.07, 6.45) is -0.445. The molecule has 6 nitrogen and oxygen atoms in total. The van der Waals surface area contributed by atoms with Crippen LogP contribution >= 0.6 is 0 Å². The molecule has 1 aliphatic rings. The Morgan fingerprint density at radius 1 is 0.769 bits per heavy atom. The molecule has 1 aliphatic heterocycles. The van der Waals surface area contributed by atoms with E-state index in [-0.39, 0.29) is 12.5 Å². The number of amides is 1. The summed E-state index contributed by atoms with van der Waals surface area (Å²) in [6, 6.07) is 35.2. The Labute approximate surface area is 227 Å². The minimum absolute atomic E-state index is 0.0595. The van der Waals surface area contributed by atoms with Crippen molar-refractivity contribution in [3.63, 3.8) is 0 Å². The summed E-state index contributed by atoms with van der Waals surface area (Å²) in [5.41, 5.74) is 4.06. The van der Waals surface area contributed by atoms with E-state index in [1.54, 1.807) is 14.2 Å². The molecule has 0 bridgehead atoms. The van der Waals surface area contributed by atoms with Gasteiger partial charge in [-0.3, -0.25) is 9.69 Å². The first kappa shape index (κ1) is 24.4. The van der Waals surface area contributed by atoms with Gasteiger partial charge in [0.1, 0.15) is 30.0 Å². The number of anilines is 2. The third-order valence-electron chi connectivity index (χ3n) is 7.01. The smallest absolute Gasteiger partial charge is 0.262 e. The lowest BCUT2D eigenvalue weighted by Gasteiger charge is -2.39. The third kappa shape index (κ3) is 4.61. The molecule has 0 fully saturated rings. The second-order valence-electron chi connectivity index (χ2n) is 9.30. The van der Waals surface area contributed by atoms with E-state index in [1.165, 1.54) is 0 Å². The van der Waals surface area contributed by atoms with Crippen LogP contribution in [-0.4, -0.2) is 20.1 Å². The molecule has 1 amide bonds. The van der Waals surface area contributed by atoms with Gasteiger partial charge in [0.2, 0.25) is 0 Å². The summed E-state index contributed by atoms with van der Waals surface area (Å²) < 4.78 is 17.1. The number of nitrogens with one attached hydrogen (secondary N) is 1. The molecule has 0 saturated carbocycles. The van der Waals surface area contributed by atoms with E-state index in [2.05, 4.69) is 23.5 Å². The van der Waals surface area contributed by atoms with Crippen LogP contribution < -0.4 is 24.4 Å². The molecule has 1 atom stereocenters. The summed E-state index contributed by atoms with van der Waals surface area (Å²) in [7, 11) is 3.27. The zero-order valence-corrected chi connectivity index (χ0v) is 21.8. The largest absolute Gasteiger partial charge is 0.497 e. The fourth-order valence-corrected chi connectivity index (χ4v) is 5.09. The zero-order valence-electron chi connectivity index (χ0n) is 21.8. The summed E-state index contributed by atoms with van der Waals surface area (Å²) in [6.45, 7) is 0.287. The highest BCUT2D eigenvalue weighted by Gasteiger charge is 2.35. The molecule has 0 saturated heterocycles. The number of benzene rings is 5. The number of nitrogens with zero attached hydrogens (tertiary/aromatic N) is 1. The van der Waals surface area contributed by atoms with Crippen LogP contribution in [0.5, 0.6) is 17.2 Å². The second kappa shape index (κ2) is 10.4. The van der Waals surface area contributed by atoms with Crippen LogP contribution in [0.3, 0.4) is 0 Å². The Morgan fingerprint density at radius 3 is 2.41 bits per heavy atom. The molecule has 5 aromatic carbocycles. The molecule has 1 N–H and O–H groups in total. The van der Waals surface area contributed by atoms with Crippen molar-refractivity contribution in [2.24, 2.45) is 0 Å². The minimum Gasteiger partial charge on any atom is -0.497 e. The van der Waals surface area contributed by atoms with Gasteiger partial charge in [-0.25, -0.2) is 0 Å². The standard InChI is InChI=1S/C33H28N2O4/c1-37-25-11-8-12-26(20-25)39-21-24-19-23(17-18-31(24)38-2)32-34-29-15-6-5-14-28(29)33(36)35(32)30-16-7-10-22-9-3-4-13-27(22)30/h3-20,32,34H,21H2,1-2H3/t32-/m0/s1. The average molecular weight is 517 g/mol. The van der Waals surface area contributed by atoms with Gasteiger partial charge in [0.25, 0.3) is 5.91 Å². The maximum Gasteiger partial charge on any atom is 0.262 e. The Balaban J connectivity index is 1.42. The first-order valence-corrected chi connectivity index (χ1v) is 12.8. The molecule has 6 heteroatoms. The molecule has 194 valence electrons. The van der Waals surface area contributed by atoms with E-state index in [1.807, 2.05) is 95.9 Å². The van der Waals surface area contributed by atoms with Gasteiger partial charge in [-0.2, -0.15) is 0 Å². The van der Waals surface area contributed by atoms with Crippen LogP contribution in [0, 0.1) is 0 Å². The first-order chi connectivity index (χ1) is 19.2. The fourth-order valence-electron chi connectivity index (χ4n) is 5.09. The van der Waals surface area contributed by atoms with Crippen LogP contribution in [-0.2, 0) is 6.61 Å². The molecule has 0 unspecified atom stereocenters. The first-order valence-electron chi connectivity index (χ1n) is 12.8. The van der Waals surface area contributed by atoms with Gasteiger partial charge in [-0.15, -0.1) is 0 Å². The molecule has 6 rings (SSSR count).